The van der Waals surface area contributed by atoms with Crippen molar-refractivity contribution in [3.05, 3.63) is 69.7 Å². The van der Waals surface area contributed by atoms with E-state index in [1.165, 1.54) is 0 Å². The van der Waals surface area contributed by atoms with Crippen LogP contribution in [0.2, 0.25) is 10.0 Å². The van der Waals surface area contributed by atoms with E-state index >= 15 is 0 Å². The van der Waals surface area contributed by atoms with Gasteiger partial charge in [-0.15, -0.1) is 0 Å². The number of rotatable bonds is 6. The Labute approximate surface area is 206 Å². The second kappa shape index (κ2) is 10.0. The van der Waals surface area contributed by atoms with E-state index in [1.54, 1.807) is 35.2 Å². The van der Waals surface area contributed by atoms with Crippen LogP contribution >= 0.6 is 23.2 Å². The predicted octanol–water partition coefficient (Wildman–Crippen LogP) is 4.82. The number of amides is 2. The van der Waals surface area contributed by atoms with Gasteiger partial charge in [0.15, 0.2) is 0 Å². The minimum atomic E-state index is -1.09. The van der Waals surface area contributed by atoms with Crippen molar-refractivity contribution in [1.29, 1.82) is 0 Å². The van der Waals surface area contributed by atoms with Gasteiger partial charge in [0, 0.05) is 28.5 Å². The summed E-state index contributed by atoms with van der Waals surface area (Å²) in [6, 6.07) is 13.7. The molecule has 0 aliphatic carbocycles. The molecule has 7 heteroatoms. The van der Waals surface area contributed by atoms with Crippen molar-refractivity contribution in [2.45, 2.75) is 52.2 Å². The Balaban J connectivity index is 1.71. The van der Waals surface area contributed by atoms with E-state index in [1.807, 2.05) is 45.9 Å². The lowest BCUT2D eigenvalue weighted by molar-refractivity contribution is -0.156. The van der Waals surface area contributed by atoms with Crippen LogP contribution in [0.4, 0.5) is 0 Å². The lowest BCUT2D eigenvalue weighted by Gasteiger charge is -2.51. The number of nitrogens with one attached hydrogen (secondary N) is 1. The molecule has 0 spiro atoms. The largest absolute Gasteiger partial charge is 0.384 e. The van der Waals surface area contributed by atoms with Gasteiger partial charge >= 0.3 is 0 Å². The summed E-state index contributed by atoms with van der Waals surface area (Å²) < 4.78 is 0. The van der Waals surface area contributed by atoms with Gasteiger partial charge in [-0.2, -0.15) is 0 Å². The Morgan fingerprint density at radius 2 is 1.76 bits per heavy atom. The van der Waals surface area contributed by atoms with Gasteiger partial charge in [0.2, 0.25) is 11.8 Å². The van der Waals surface area contributed by atoms with Gasteiger partial charge in [-0.3, -0.25) is 9.59 Å². The molecule has 3 rings (SSSR count). The molecule has 33 heavy (non-hydrogen) atoms. The van der Waals surface area contributed by atoms with Gasteiger partial charge in [0.1, 0.15) is 6.04 Å². The number of carbonyl (C=O) groups is 2. The Morgan fingerprint density at radius 1 is 1.09 bits per heavy atom. The quantitative estimate of drug-likeness (QED) is 0.609. The fourth-order valence-electron chi connectivity index (χ4n) is 4.54. The molecule has 0 unspecified atom stereocenters. The maximum Gasteiger partial charge on any atom is 0.245 e. The molecule has 2 amide bonds. The molecule has 1 saturated heterocycles. The van der Waals surface area contributed by atoms with Crippen LogP contribution in [-0.4, -0.2) is 41.0 Å². The monoisotopic (exact) mass is 490 g/mol. The van der Waals surface area contributed by atoms with Crippen LogP contribution in [0.1, 0.15) is 45.2 Å². The summed E-state index contributed by atoms with van der Waals surface area (Å²) in [4.78, 5) is 27.9. The SMILES string of the molecule is CC(C)[C@@H](NC(=O)Cc1cccc(Cl)c1)C(=O)N1CC[C@](O)(c2ccc(Cl)cc2)C(C)(C)C1. The average molecular weight is 491 g/mol. The highest BCUT2D eigenvalue weighted by Gasteiger charge is 2.50. The van der Waals surface area contributed by atoms with Crippen molar-refractivity contribution in [2.75, 3.05) is 13.1 Å². The number of hydrogen-bond acceptors (Lipinski definition) is 3. The van der Waals surface area contributed by atoms with Gasteiger partial charge in [0.05, 0.1) is 12.0 Å². The van der Waals surface area contributed by atoms with E-state index in [0.717, 1.165) is 11.1 Å². The predicted molar refractivity (Wildman–Crippen MR) is 132 cm³/mol. The van der Waals surface area contributed by atoms with Crippen molar-refractivity contribution in [3.8, 4) is 0 Å². The third-order valence-electron chi connectivity index (χ3n) is 6.59. The van der Waals surface area contributed by atoms with Crippen LogP contribution in [0.15, 0.2) is 48.5 Å². The number of benzene rings is 2. The van der Waals surface area contributed by atoms with E-state index < -0.39 is 17.1 Å². The van der Waals surface area contributed by atoms with Crippen molar-refractivity contribution in [2.24, 2.45) is 11.3 Å². The number of piperidine rings is 1. The number of likely N-dealkylation sites (tertiary alicyclic amines) is 1. The van der Waals surface area contributed by atoms with Gasteiger partial charge in [0.25, 0.3) is 0 Å². The molecule has 2 atom stereocenters. The highest BCUT2D eigenvalue weighted by Crippen LogP contribution is 2.46. The Hall–Kier alpha value is -2.08. The molecule has 0 saturated carbocycles. The Kier molecular flexibility index (Phi) is 7.77. The highest BCUT2D eigenvalue weighted by atomic mass is 35.5. The van der Waals surface area contributed by atoms with Crippen LogP contribution in [-0.2, 0) is 21.6 Å². The Morgan fingerprint density at radius 3 is 2.33 bits per heavy atom. The molecule has 178 valence electrons. The minimum absolute atomic E-state index is 0.0824. The summed E-state index contributed by atoms with van der Waals surface area (Å²) in [5, 5.41) is 15.7. The fraction of sp³-hybridized carbons (Fsp3) is 0.462. The van der Waals surface area contributed by atoms with E-state index in [4.69, 9.17) is 23.2 Å². The molecule has 2 aromatic carbocycles. The standard InChI is InChI=1S/C26H32Cl2N2O3/c1-17(2)23(29-22(31)15-18-6-5-7-21(28)14-18)24(32)30-13-12-26(33,25(3,4)16-30)19-8-10-20(27)11-9-19/h5-11,14,17,23,33H,12-13,15-16H2,1-4H3,(H,29,31)/t23-,26+/m1/s1. The summed E-state index contributed by atoms with van der Waals surface area (Å²) in [5.41, 5.74) is -0.0974. The number of carbonyl (C=O) groups excluding carboxylic acids is 2. The summed E-state index contributed by atoms with van der Waals surface area (Å²) in [6.45, 7) is 8.53. The second-order valence-electron chi connectivity index (χ2n) is 9.86. The third-order valence-corrected chi connectivity index (χ3v) is 7.07. The number of halogens is 2. The molecule has 0 bridgehead atoms. The third kappa shape index (κ3) is 5.71. The first-order chi connectivity index (χ1) is 15.4. The summed E-state index contributed by atoms with van der Waals surface area (Å²) in [7, 11) is 0. The lowest BCUT2D eigenvalue weighted by Crippen LogP contribution is -2.60. The van der Waals surface area contributed by atoms with E-state index in [2.05, 4.69) is 5.32 Å². The molecule has 1 fully saturated rings. The molecule has 1 aliphatic heterocycles. The summed E-state index contributed by atoms with van der Waals surface area (Å²) >= 11 is 12.0. The number of nitrogens with zero attached hydrogens (tertiary/aromatic N) is 1. The fourth-order valence-corrected chi connectivity index (χ4v) is 4.88. The minimum Gasteiger partial charge on any atom is -0.384 e. The van der Waals surface area contributed by atoms with E-state index in [0.29, 0.717) is 29.6 Å². The van der Waals surface area contributed by atoms with Crippen molar-refractivity contribution in [3.63, 3.8) is 0 Å². The van der Waals surface area contributed by atoms with Crippen molar-refractivity contribution in [1.82, 2.24) is 10.2 Å². The van der Waals surface area contributed by atoms with Crippen LogP contribution in [0.25, 0.3) is 0 Å². The van der Waals surface area contributed by atoms with Crippen LogP contribution in [0.3, 0.4) is 0 Å². The second-order valence-corrected chi connectivity index (χ2v) is 10.7. The molecule has 2 N–H and O–H groups in total. The maximum absolute atomic E-state index is 13.5. The first-order valence-corrected chi connectivity index (χ1v) is 12.0. The molecule has 1 heterocycles. The smallest absolute Gasteiger partial charge is 0.245 e. The van der Waals surface area contributed by atoms with Crippen molar-refractivity contribution < 1.29 is 14.7 Å². The normalized spacial score (nSPS) is 21.0. The molecule has 0 radical (unpaired) electrons. The van der Waals surface area contributed by atoms with Crippen molar-refractivity contribution >= 4 is 35.0 Å². The van der Waals surface area contributed by atoms with Gasteiger partial charge < -0.3 is 15.3 Å². The summed E-state index contributed by atoms with van der Waals surface area (Å²) in [5.74, 6) is -0.435. The maximum atomic E-state index is 13.5. The molecular formula is C26H32Cl2N2O3. The number of hydrogen-bond donors (Lipinski definition) is 2. The first-order valence-electron chi connectivity index (χ1n) is 11.2. The van der Waals surface area contributed by atoms with Crippen LogP contribution in [0, 0.1) is 11.3 Å². The van der Waals surface area contributed by atoms with Gasteiger partial charge in [-0.1, -0.05) is 75.2 Å². The highest BCUT2D eigenvalue weighted by molar-refractivity contribution is 6.30. The topological polar surface area (TPSA) is 69.6 Å². The average Bonchev–Trinajstić information content (AvgIpc) is 2.73. The van der Waals surface area contributed by atoms with Gasteiger partial charge in [-0.25, -0.2) is 0 Å². The van der Waals surface area contributed by atoms with Crippen LogP contribution in [0.5, 0.6) is 0 Å². The molecule has 2 aromatic rings. The van der Waals surface area contributed by atoms with E-state index in [9.17, 15) is 14.7 Å². The molecule has 5 nitrogen and oxygen atoms in total. The van der Waals surface area contributed by atoms with E-state index in [-0.39, 0.29) is 24.2 Å². The zero-order valence-corrected chi connectivity index (χ0v) is 21.1. The van der Waals surface area contributed by atoms with Gasteiger partial charge in [-0.05, 0) is 47.7 Å². The van der Waals surface area contributed by atoms with Crippen LogP contribution < -0.4 is 5.32 Å². The number of aliphatic hydroxyl groups is 1. The Bertz CT molecular complexity index is 1010. The lowest BCUT2D eigenvalue weighted by atomic mass is 9.66. The zero-order valence-electron chi connectivity index (χ0n) is 19.6. The molecule has 0 aromatic heterocycles. The molecule has 1 aliphatic rings. The molecular weight excluding hydrogens is 459 g/mol. The summed E-state index contributed by atoms with van der Waals surface area (Å²) in [6.07, 6.45) is 0.549. The zero-order chi connectivity index (χ0) is 24.4. The first kappa shape index (κ1) is 25.5.